The molecule has 0 bridgehead atoms. The van der Waals surface area contributed by atoms with Gasteiger partial charge in [0.05, 0.1) is 7.11 Å². The Hall–Kier alpha value is -2.48. The summed E-state index contributed by atoms with van der Waals surface area (Å²) in [4.78, 5) is 20.8. The van der Waals surface area contributed by atoms with Crippen LogP contribution in [0.1, 0.15) is 18.4 Å². The molecule has 0 aromatic heterocycles. The molecule has 2 N–H and O–H groups in total. The molecule has 27 heavy (non-hydrogen) atoms. The number of carbonyl (C=O) groups is 1. The standard InChI is InChI=1S/C19H28N4O4/c1-20-19(21-13-14-12-15(26-2)5-6-16(14)24)23-9-7-22(8-10-23)18(25)17-4-3-11-27-17/h5-6,12,17,24H,3-4,7-11,13H2,1-2H3,(H,20,21). The van der Waals surface area contributed by atoms with Crippen LogP contribution in [-0.2, 0) is 16.1 Å². The van der Waals surface area contributed by atoms with Crippen molar-refractivity contribution in [3.8, 4) is 11.5 Å². The third kappa shape index (κ3) is 4.63. The lowest BCUT2D eigenvalue weighted by Gasteiger charge is -2.37. The second-order valence-corrected chi connectivity index (χ2v) is 6.71. The number of methoxy groups -OCH3 is 1. The fraction of sp³-hybridized carbons (Fsp3) is 0.579. The highest BCUT2D eigenvalue weighted by atomic mass is 16.5. The molecule has 1 unspecified atom stereocenters. The van der Waals surface area contributed by atoms with Crippen molar-refractivity contribution in [3.05, 3.63) is 23.8 Å². The number of hydrogen-bond donors (Lipinski definition) is 2. The number of rotatable bonds is 4. The maximum absolute atomic E-state index is 12.5. The van der Waals surface area contributed by atoms with Gasteiger partial charge in [-0.15, -0.1) is 0 Å². The highest BCUT2D eigenvalue weighted by molar-refractivity contribution is 5.82. The normalized spacial score (nSPS) is 20.7. The van der Waals surface area contributed by atoms with Crippen molar-refractivity contribution in [2.45, 2.75) is 25.5 Å². The highest BCUT2D eigenvalue weighted by Crippen LogP contribution is 2.22. The number of hydrogen-bond acceptors (Lipinski definition) is 5. The molecule has 1 atom stereocenters. The van der Waals surface area contributed by atoms with Crippen molar-refractivity contribution in [3.63, 3.8) is 0 Å². The van der Waals surface area contributed by atoms with E-state index in [1.165, 1.54) is 0 Å². The lowest BCUT2D eigenvalue weighted by atomic mass is 10.2. The molecular weight excluding hydrogens is 348 g/mol. The molecule has 2 aliphatic rings. The average Bonchev–Trinajstić information content (AvgIpc) is 3.24. The maximum Gasteiger partial charge on any atom is 0.251 e. The van der Waals surface area contributed by atoms with E-state index in [9.17, 15) is 9.90 Å². The second kappa shape index (κ2) is 8.94. The Bertz CT molecular complexity index is 680. The number of nitrogens with one attached hydrogen (secondary N) is 1. The van der Waals surface area contributed by atoms with Gasteiger partial charge in [-0.2, -0.15) is 0 Å². The van der Waals surface area contributed by atoms with E-state index in [1.807, 2.05) is 4.90 Å². The van der Waals surface area contributed by atoms with Crippen LogP contribution in [0.15, 0.2) is 23.2 Å². The van der Waals surface area contributed by atoms with Crippen LogP contribution in [0.25, 0.3) is 0 Å². The van der Waals surface area contributed by atoms with E-state index in [0.717, 1.165) is 24.4 Å². The summed E-state index contributed by atoms with van der Waals surface area (Å²) >= 11 is 0. The van der Waals surface area contributed by atoms with Crippen LogP contribution in [0.3, 0.4) is 0 Å². The van der Waals surface area contributed by atoms with Crippen LogP contribution in [0.2, 0.25) is 0 Å². The zero-order valence-corrected chi connectivity index (χ0v) is 16.0. The molecular formula is C19H28N4O4. The third-order valence-electron chi connectivity index (χ3n) is 5.03. The van der Waals surface area contributed by atoms with E-state index < -0.39 is 0 Å². The molecule has 1 amide bonds. The Balaban J connectivity index is 1.52. The van der Waals surface area contributed by atoms with Gasteiger partial charge in [0.25, 0.3) is 5.91 Å². The highest BCUT2D eigenvalue weighted by Gasteiger charge is 2.30. The Morgan fingerprint density at radius 3 is 2.70 bits per heavy atom. The molecule has 1 aromatic rings. The van der Waals surface area contributed by atoms with Crippen molar-refractivity contribution in [1.82, 2.24) is 15.1 Å². The van der Waals surface area contributed by atoms with Gasteiger partial charge in [0.1, 0.15) is 17.6 Å². The Labute approximate surface area is 159 Å². The van der Waals surface area contributed by atoms with Crippen LogP contribution in [0.5, 0.6) is 11.5 Å². The lowest BCUT2D eigenvalue weighted by Crippen LogP contribution is -2.55. The zero-order chi connectivity index (χ0) is 19.2. The first-order valence-electron chi connectivity index (χ1n) is 9.34. The van der Waals surface area contributed by atoms with Gasteiger partial charge < -0.3 is 29.7 Å². The summed E-state index contributed by atoms with van der Waals surface area (Å²) in [6.07, 6.45) is 1.53. The van der Waals surface area contributed by atoms with Crippen LogP contribution < -0.4 is 10.1 Å². The first-order chi connectivity index (χ1) is 13.1. The number of piperazine rings is 1. The zero-order valence-electron chi connectivity index (χ0n) is 16.0. The van der Waals surface area contributed by atoms with Crippen molar-refractivity contribution in [2.24, 2.45) is 4.99 Å². The lowest BCUT2D eigenvalue weighted by molar-refractivity contribution is -0.142. The van der Waals surface area contributed by atoms with Gasteiger partial charge in [-0.3, -0.25) is 9.79 Å². The van der Waals surface area contributed by atoms with Crippen molar-refractivity contribution >= 4 is 11.9 Å². The molecule has 2 saturated heterocycles. The number of aliphatic imine (C=N–C) groups is 1. The second-order valence-electron chi connectivity index (χ2n) is 6.71. The number of phenols is 1. The number of amides is 1. The number of ether oxygens (including phenoxy) is 2. The Morgan fingerprint density at radius 1 is 1.33 bits per heavy atom. The minimum atomic E-state index is -0.259. The quantitative estimate of drug-likeness (QED) is 0.597. The van der Waals surface area contributed by atoms with Crippen molar-refractivity contribution in [1.29, 1.82) is 0 Å². The molecule has 148 valence electrons. The summed E-state index contributed by atoms with van der Waals surface area (Å²) in [7, 11) is 3.33. The van der Waals surface area contributed by atoms with E-state index in [-0.39, 0.29) is 17.8 Å². The molecule has 8 nitrogen and oxygen atoms in total. The Morgan fingerprint density at radius 2 is 2.07 bits per heavy atom. The molecule has 8 heteroatoms. The van der Waals surface area contributed by atoms with Crippen LogP contribution in [0, 0.1) is 0 Å². The van der Waals surface area contributed by atoms with Gasteiger partial charge in [-0.05, 0) is 31.0 Å². The van der Waals surface area contributed by atoms with Crippen LogP contribution >= 0.6 is 0 Å². The predicted octanol–water partition coefficient (Wildman–Crippen LogP) is 0.799. The number of benzene rings is 1. The predicted molar refractivity (Wildman–Crippen MR) is 102 cm³/mol. The van der Waals surface area contributed by atoms with Gasteiger partial charge in [0, 0.05) is 51.9 Å². The minimum Gasteiger partial charge on any atom is -0.508 e. The van der Waals surface area contributed by atoms with Gasteiger partial charge in [0.2, 0.25) is 0 Å². The van der Waals surface area contributed by atoms with Crippen LogP contribution in [0.4, 0.5) is 0 Å². The summed E-state index contributed by atoms with van der Waals surface area (Å²) in [6, 6.07) is 5.14. The molecule has 1 aromatic carbocycles. The molecule has 0 aliphatic carbocycles. The molecule has 2 aliphatic heterocycles. The molecule has 3 rings (SSSR count). The fourth-order valence-corrected chi connectivity index (χ4v) is 3.45. The molecule has 0 spiro atoms. The average molecular weight is 376 g/mol. The SMILES string of the molecule is CN=C(NCc1cc(OC)ccc1O)N1CCN(C(=O)C2CCCO2)CC1. The summed E-state index contributed by atoms with van der Waals surface area (Å²) in [5.41, 5.74) is 0.739. The molecule has 2 heterocycles. The van der Waals surface area contributed by atoms with Gasteiger partial charge in [0.15, 0.2) is 5.96 Å². The van der Waals surface area contributed by atoms with E-state index in [2.05, 4.69) is 15.2 Å². The topological polar surface area (TPSA) is 86.6 Å². The summed E-state index contributed by atoms with van der Waals surface area (Å²) in [5, 5.41) is 13.3. The van der Waals surface area contributed by atoms with Crippen molar-refractivity contribution < 1.29 is 19.4 Å². The van der Waals surface area contributed by atoms with Gasteiger partial charge in [-0.1, -0.05) is 0 Å². The van der Waals surface area contributed by atoms with E-state index in [4.69, 9.17) is 9.47 Å². The van der Waals surface area contributed by atoms with E-state index >= 15 is 0 Å². The molecule has 2 fully saturated rings. The van der Waals surface area contributed by atoms with Gasteiger partial charge in [-0.25, -0.2) is 0 Å². The maximum atomic E-state index is 12.5. The molecule has 0 saturated carbocycles. The first kappa shape index (κ1) is 19.3. The smallest absolute Gasteiger partial charge is 0.251 e. The van der Waals surface area contributed by atoms with Crippen LogP contribution in [-0.4, -0.2) is 79.8 Å². The number of nitrogens with zero attached hydrogens (tertiary/aromatic N) is 3. The van der Waals surface area contributed by atoms with E-state index in [0.29, 0.717) is 45.1 Å². The monoisotopic (exact) mass is 376 g/mol. The first-order valence-corrected chi connectivity index (χ1v) is 9.34. The summed E-state index contributed by atoms with van der Waals surface area (Å²) < 4.78 is 10.7. The minimum absolute atomic E-state index is 0.108. The van der Waals surface area contributed by atoms with E-state index in [1.54, 1.807) is 32.4 Å². The summed E-state index contributed by atoms with van der Waals surface area (Å²) in [6.45, 7) is 3.85. The number of carbonyl (C=O) groups excluding carboxylic acids is 1. The molecule has 0 radical (unpaired) electrons. The van der Waals surface area contributed by atoms with Gasteiger partial charge >= 0.3 is 0 Å². The third-order valence-corrected chi connectivity index (χ3v) is 5.03. The number of aromatic hydroxyl groups is 1. The van der Waals surface area contributed by atoms with Crippen molar-refractivity contribution in [2.75, 3.05) is 46.9 Å². The number of guanidine groups is 1. The number of phenolic OH excluding ortho intramolecular Hbond substituents is 1. The summed E-state index contributed by atoms with van der Waals surface area (Å²) in [5.74, 6) is 1.77. The fourth-order valence-electron chi connectivity index (χ4n) is 3.45. The largest absolute Gasteiger partial charge is 0.508 e. The Kier molecular flexibility index (Phi) is 6.39.